The van der Waals surface area contributed by atoms with Crippen LogP contribution in [0, 0.1) is 18.3 Å². The molecule has 0 bridgehead atoms. The Hall–Kier alpha value is -1.20. The van der Waals surface area contributed by atoms with Crippen LogP contribution in [0.5, 0.6) is 0 Å². The first-order chi connectivity index (χ1) is 8.26. The largest absolute Gasteiger partial charge is 0.368 e. The summed E-state index contributed by atoms with van der Waals surface area (Å²) in [6, 6.07) is 9.28. The second-order valence-electron chi connectivity index (χ2n) is 4.58. The van der Waals surface area contributed by atoms with E-state index in [0.29, 0.717) is 18.3 Å². The van der Waals surface area contributed by atoms with Gasteiger partial charge in [-0.15, -0.1) is 11.6 Å². The van der Waals surface area contributed by atoms with Crippen LogP contribution in [0.2, 0.25) is 0 Å². The Labute approximate surface area is 108 Å². The molecule has 1 saturated carbocycles. The monoisotopic (exact) mass is 248 g/mol. The molecule has 0 amide bonds. The molecule has 0 aromatic heterocycles. The number of hydrogen-bond acceptors (Lipinski definition) is 2. The molecule has 90 valence electrons. The zero-order chi connectivity index (χ0) is 12.3. The predicted octanol–water partition coefficient (Wildman–Crippen LogP) is 3.62. The van der Waals surface area contributed by atoms with Crippen molar-refractivity contribution < 1.29 is 0 Å². The van der Waals surface area contributed by atoms with Crippen molar-refractivity contribution in [3.63, 3.8) is 0 Å². The molecule has 1 aromatic carbocycles. The molecule has 2 rings (SSSR count). The van der Waals surface area contributed by atoms with Gasteiger partial charge in [-0.05, 0) is 43.0 Å². The minimum Gasteiger partial charge on any atom is -0.368 e. The normalized spacial score (nSPS) is 14.4. The highest BCUT2D eigenvalue weighted by Gasteiger charge is 2.28. The first-order valence-corrected chi connectivity index (χ1v) is 6.59. The van der Waals surface area contributed by atoms with E-state index in [1.165, 1.54) is 29.7 Å². The molecule has 0 aliphatic heterocycles. The van der Waals surface area contributed by atoms with Gasteiger partial charge >= 0.3 is 0 Å². The van der Waals surface area contributed by atoms with Gasteiger partial charge in [-0.2, -0.15) is 5.26 Å². The number of benzene rings is 1. The molecular weight excluding hydrogens is 232 g/mol. The van der Waals surface area contributed by atoms with Crippen molar-refractivity contribution >= 4 is 17.3 Å². The maximum Gasteiger partial charge on any atom is 0.0640 e. The third-order valence-corrected chi connectivity index (χ3v) is 3.54. The minimum absolute atomic E-state index is 0.563. The summed E-state index contributed by atoms with van der Waals surface area (Å²) >= 11 is 5.87. The molecule has 1 aromatic rings. The van der Waals surface area contributed by atoms with Crippen LogP contribution < -0.4 is 4.90 Å². The smallest absolute Gasteiger partial charge is 0.0640 e. The molecule has 0 spiro atoms. The van der Waals surface area contributed by atoms with Crippen molar-refractivity contribution in [1.82, 2.24) is 0 Å². The summed E-state index contributed by atoms with van der Waals surface area (Å²) in [7, 11) is 0. The Bertz CT molecular complexity index is 432. The number of alkyl halides is 1. The number of nitriles is 1. The van der Waals surface area contributed by atoms with Gasteiger partial charge in [0.25, 0.3) is 0 Å². The Morgan fingerprint density at radius 3 is 2.76 bits per heavy atom. The van der Waals surface area contributed by atoms with Crippen molar-refractivity contribution in [3.8, 4) is 6.07 Å². The van der Waals surface area contributed by atoms with E-state index in [1.54, 1.807) is 0 Å². The highest BCUT2D eigenvalue weighted by atomic mass is 35.5. The standard InChI is InChI=1S/C14H17ClN2/c1-11-9-14(4-3-12(11)10-15)17(8-2-7-16)13-5-6-13/h3-4,9,13H,2,5-6,8,10H2,1H3. The lowest BCUT2D eigenvalue weighted by molar-refractivity contribution is 0.792. The van der Waals surface area contributed by atoms with E-state index in [4.69, 9.17) is 16.9 Å². The van der Waals surface area contributed by atoms with Crippen LogP contribution in [-0.4, -0.2) is 12.6 Å². The minimum atomic E-state index is 0.563. The van der Waals surface area contributed by atoms with Gasteiger partial charge in [-0.3, -0.25) is 0 Å². The predicted molar refractivity (Wildman–Crippen MR) is 71.3 cm³/mol. The van der Waals surface area contributed by atoms with E-state index in [9.17, 15) is 0 Å². The summed E-state index contributed by atoms with van der Waals surface area (Å²) in [6.45, 7) is 2.93. The van der Waals surface area contributed by atoms with Gasteiger partial charge in [0, 0.05) is 24.2 Å². The van der Waals surface area contributed by atoms with E-state index in [-0.39, 0.29) is 0 Å². The lowest BCUT2D eigenvalue weighted by atomic mass is 10.1. The number of hydrogen-bond donors (Lipinski definition) is 0. The van der Waals surface area contributed by atoms with Crippen LogP contribution in [0.15, 0.2) is 18.2 Å². The van der Waals surface area contributed by atoms with E-state index >= 15 is 0 Å². The van der Waals surface area contributed by atoms with Gasteiger partial charge in [0.05, 0.1) is 12.5 Å². The van der Waals surface area contributed by atoms with Gasteiger partial charge in [0.2, 0.25) is 0 Å². The molecule has 1 fully saturated rings. The van der Waals surface area contributed by atoms with Crippen LogP contribution in [0.1, 0.15) is 30.4 Å². The van der Waals surface area contributed by atoms with Crippen molar-refractivity contribution in [1.29, 1.82) is 5.26 Å². The molecule has 17 heavy (non-hydrogen) atoms. The SMILES string of the molecule is Cc1cc(N(CCC#N)C2CC2)ccc1CCl. The number of halogens is 1. The third-order valence-electron chi connectivity index (χ3n) is 3.25. The summed E-state index contributed by atoms with van der Waals surface area (Å²) in [5.41, 5.74) is 3.65. The molecule has 0 N–H and O–H groups in total. The van der Waals surface area contributed by atoms with Gasteiger partial charge in [0.15, 0.2) is 0 Å². The fourth-order valence-corrected chi connectivity index (χ4v) is 2.39. The highest BCUT2D eigenvalue weighted by Crippen LogP contribution is 2.32. The molecule has 0 unspecified atom stereocenters. The molecule has 0 radical (unpaired) electrons. The second-order valence-corrected chi connectivity index (χ2v) is 4.84. The van der Waals surface area contributed by atoms with Crippen LogP contribution in [0.4, 0.5) is 5.69 Å². The molecule has 1 aliphatic rings. The zero-order valence-electron chi connectivity index (χ0n) is 10.1. The zero-order valence-corrected chi connectivity index (χ0v) is 10.9. The van der Waals surface area contributed by atoms with E-state index < -0.39 is 0 Å². The Morgan fingerprint density at radius 1 is 1.47 bits per heavy atom. The first-order valence-electron chi connectivity index (χ1n) is 6.05. The van der Waals surface area contributed by atoms with Gasteiger partial charge < -0.3 is 4.90 Å². The molecule has 2 nitrogen and oxygen atoms in total. The fourth-order valence-electron chi connectivity index (χ4n) is 2.09. The van der Waals surface area contributed by atoms with Crippen LogP contribution in [-0.2, 0) is 5.88 Å². The lowest BCUT2D eigenvalue weighted by Crippen LogP contribution is -2.26. The average molecular weight is 249 g/mol. The topological polar surface area (TPSA) is 27.0 Å². The van der Waals surface area contributed by atoms with Crippen molar-refractivity contribution in [2.45, 2.75) is 38.1 Å². The fraction of sp³-hybridized carbons (Fsp3) is 0.500. The maximum absolute atomic E-state index is 8.71. The first kappa shape index (κ1) is 12.3. The van der Waals surface area contributed by atoms with Gasteiger partial charge in [-0.25, -0.2) is 0 Å². The number of anilines is 1. The van der Waals surface area contributed by atoms with E-state index in [0.717, 1.165) is 6.54 Å². The Kier molecular flexibility index (Phi) is 3.91. The molecule has 0 saturated heterocycles. The van der Waals surface area contributed by atoms with Crippen LogP contribution >= 0.6 is 11.6 Å². The Morgan fingerprint density at radius 2 is 2.24 bits per heavy atom. The van der Waals surface area contributed by atoms with Crippen LogP contribution in [0.25, 0.3) is 0 Å². The molecular formula is C14H17ClN2. The highest BCUT2D eigenvalue weighted by molar-refractivity contribution is 6.17. The van der Waals surface area contributed by atoms with E-state index in [2.05, 4.69) is 36.1 Å². The quantitative estimate of drug-likeness (QED) is 0.745. The molecule has 0 heterocycles. The summed E-state index contributed by atoms with van der Waals surface area (Å²) in [5, 5.41) is 8.71. The van der Waals surface area contributed by atoms with E-state index in [1.807, 2.05) is 0 Å². The summed E-state index contributed by atoms with van der Waals surface area (Å²) in [6.07, 6.45) is 3.09. The second kappa shape index (κ2) is 5.42. The van der Waals surface area contributed by atoms with Crippen molar-refractivity contribution in [3.05, 3.63) is 29.3 Å². The molecule has 0 atom stereocenters. The van der Waals surface area contributed by atoms with Gasteiger partial charge in [0.1, 0.15) is 0 Å². The maximum atomic E-state index is 8.71. The van der Waals surface area contributed by atoms with Gasteiger partial charge in [-0.1, -0.05) is 6.07 Å². The van der Waals surface area contributed by atoms with Crippen molar-refractivity contribution in [2.75, 3.05) is 11.4 Å². The molecule has 1 aliphatic carbocycles. The number of aryl methyl sites for hydroxylation is 1. The summed E-state index contributed by atoms with van der Waals surface area (Å²) in [4.78, 5) is 2.36. The Balaban J connectivity index is 2.18. The van der Waals surface area contributed by atoms with Crippen molar-refractivity contribution in [2.24, 2.45) is 0 Å². The number of nitrogens with zero attached hydrogens (tertiary/aromatic N) is 2. The lowest BCUT2D eigenvalue weighted by Gasteiger charge is -2.24. The number of rotatable bonds is 5. The summed E-state index contributed by atoms with van der Waals surface area (Å²) in [5.74, 6) is 0.563. The average Bonchev–Trinajstić information content (AvgIpc) is 3.14. The molecule has 3 heteroatoms. The third kappa shape index (κ3) is 2.92. The summed E-state index contributed by atoms with van der Waals surface area (Å²) < 4.78 is 0. The van der Waals surface area contributed by atoms with Crippen LogP contribution in [0.3, 0.4) is 0 Å².